The van der Waals surface area contributed by atoms with Crippen LogP contribution in [0.4, 0.5) is 10.6 Å². The average Bonchev–Trinajstić information content (AvgIpc) is 3.13. The Labute approximate surface area is 154 Å². The van der Waals surface area contributed by atoms with E-state index in [-0.39, 0.29) is 23.0 Å². The highest BCUT2D eigenvalue weighted by Gasteiger charge is 2.53. The van der Waals surface area contributed by atoms with Gasteiger partial charge in [0.25, 0.3) is 0 Å². The number of nitrogens with zero attached hydrogens (tertiary/aromatic N) is 5. The first-order chi connectivity index (χ1) is 12.7. The summed E-state index contributed by atoms with van der Waals surface area (Å²) in [5.74, 6) is -0.159. The molecule has 2 aromatic heterocycles. The van der Waals surface area contributed by atoms with Gasteiger partial charge in [0.2, 0.25) is 0 Å². The van der Waals surface area contributed by atoms with Gasteiger partial charge in [0.1, 0.15) is 24.1 Å². The molecule has 12 nitrogen and oxygen atoms in total. The van der Waals surface area contributed by atoms with Gasteiger partial charge in [-0.25, -0.2) is 19.7 Å². The average molecular weight is 382 g/mol. The molecule has 1 saturated heterocycles. The fraction of sp³-hybridized carbons (Fsp3) is 0.600. The monoisotopic (exact) mass is 382 g/mol. The minimum atomic E-state index is -1.74. The van der Waals surface area contributed by atoms with Crippen LogP contribution >= 0.6 is 0 Å². The van der Waals surface area contributed by atoms with E-state index in [1.165, 1.54) is 17.8 Å². The molecular formula is C15H22N6O6. The first-order valence-corrected chi connectivity index (χ1v) is 8.32. The highest BCUT2D eigenvalue weighted by atomic mass is 16.6. The highest BCUT2D eigenvalue weighted by molar-refractivity contribution is 5.96. The lowest BCUT2D eigenvalue weighted by molar-refractivity contribution is -0.0950. The van der Waals surface area contributed by atoms with E-state index in [9.17, 15) is 25.3 Å². The van der Waals surface area contributed by atoms with Crippen molar-refractivity contribution in [1.82, 2.24) is 24.8 Å². The van der Waals surface area contributed by atoms with Crippen molar-refractivity contribution >= 4 is 23.0 Å². The van der Waals surface area contributed by atoms with E-state index < -0.39 is 36.7 Å². The number of imidazole rings is 1. The minimum Gasteiger partial charge on any atom is -0.394 e. The summed E-state index contributed by atoms with van der Waals surface area (Å²) in [6, 6.07) is -1.000. The molecule has 2 amide bonds. The van der Waals surface area contributed by atoms with Gasteiger partial charge in [-0.15, -0.1) is 0 Å². The topological polar surface area (TPSA) is 166 Å². The smallest absolute Gasteiger partial charge is 0.347 e. The van der Waals surface area contributed by atoms with Gasteiger partial charge in [-0.1, -0.05) is 0 Å². The normalized spacial score (nSPS) is 28.1. The van der Waals surface area contributed by atoms with Gasteiger partial charge in [0.15, 0.2) is 23.2 Å². The van der Waals surface area contributed by atoms with Crippen molar-refractivity contribution in [2.24, 2.45) is 0 Å². The Morgan fingerprint density at radius 2 is 2.15 bits per heavy atom. The van der Waals surface area contributed by atoms with E-state index in [1.807, 2.05) is 0 Å². The second-order valence-corrected chi connectivity index (χ2v) is 6.82. The molecule has 27 heavy (non-hydrogen) atoms. The number of fused-ring (bicyclic) bond motifs is 1. The number of carbonyl (C=O) groups is 1. The van der Waals surface area contributed by atoms with Crippen LogP contribution in [0.2, 0.25) is 0 Å². The number of ether oxygens (including phenoxy) is 1. The number of aromatic nitrogens is 4. The maximum Gasteiger partial charge on any atom is 0.347 e. The molecule has 3 heterocycles. The van der Waals surface area contributed by atoms with Crippen LogP contribution in [0.25, 0.3) is 11.2 Å². The number of aliphatic hydroxyl groups is 3. The minimum absolute atomic E-state index is 0.0836. The summed E-state index contributed by atoms with van der Waals surface area (Å²) in [6.45, 7) is 4.34. The van der Waals surface area contributed by atoms with E-state index in [2.05, 4.69) is 20.3 Å². The third-order valence-electron chi connectivity index (χ3n) is 4.33. The molecule has 0 spiro atoms. The zero-order chi connectivity index (χ0) is 19.9. The van der Waals surface area contributed by atoms with Crippen LogP contribution in [-0.2, 0) is 4.74 Å². The largest absolute Gasteiger partial charge is 0.394 e. The van der Waals surface area contributed by atoms with Crippen molar-refractivity contribution in [1.29, 1.82) is 0 Å². The Morgan fingerprint density at radius 1 is 1.44 bits per heavy atom. The number of nitrogens with one attached hydrogen (secondary N) is 1. The number of hydrogen-bond acceptors (Lipinski definition) is 9. The molecule has 4 atom stereocenters. The molecule has 2 aromatic rings. The standard InChI is InChI=1S/C15H22N6O6/c1-7(2)19-14(24)21(26)12-9-11(16-5-17-12)20(6-18-9)13-15(3,25)10(23)8(4-22)27-13/h5-8,10,13,22-23,25-26H,4H2,1-3H3,(H,19,24). The molecule has 1 fully saturated rings. The Kier molecular flexibility index (Phi) is 5.01. The third kappa shape index (κ3) is 3.21. The van der Waals surface area contributed by atoms with E-state index in [4.69, 9.17) is 4.74 Å². The van der Waals surface area contributed by atoms with Gasteiger partial charge in [0.05, 0.1) is 12.9 Å². The van der Waals surface area contributed by atoms with Gasteiger partial charge in [-0.3, -0.25) is 9.77 Å². The van der Waals surface area contributed by atoms with Crippen LogP contribution < -0.4 is 10.4 Å². The van der Waals surface area contributed by atoms with Gasteiger partial charge in [-0.2, -0.15) is 5.06 Å². The van der Waals surface area contributed by atoms with Crippen molar-refractivity contribution in [2.75, 3.05) is 11.7 Å². The summed E-state index contributed by atoms with van der Waals surface area (Å²) in [5, 5.41) is 43.1. The van der Waals surface area contributed by atoms with Crippen molar-refractivity contribution < 1.29 is 30.1 Å². The first kappa shape index (κ1) is 19.4. The predicted molar refractivity (Wildman–Crippen MR) is 90.9 cm³/mol. The first-order valence-electron chi connectivity index (χ1n) is 8.32. The quantitative estimate of drug-likeness (QED) is 0.334. The third-order valence-corrected chi connectivity index (χ3v) is 4.33. The number of amides is 2. The summed E-state index contributed by atoms with van der Waals surface area (Å²) in [6.07, 6.45) is -1.03. The molecular weight excluding hydrogens is 360 g/mol. The summed E-state index contributed by atoms with van der Waals surface area (Å²) in [7, 11) is 0. The molecule has 5 N–H and O–H groups in total. The van der Waals surface area contributed by atoms with E-state index in [1.54, 1.807) is 13.8 Å². The molecule has 148 valence electrons. The van der Waals surface area contributed by atoms with Crippen LogP contribution in [0.5, 0.6) is 0 Å². The number of carbonyl (C=O) groups excluding carboxylic acids is 1. The second kappa shape index (κ2) is 6.98. The molecule has 0 aliphatic carbocycles. The van der Waals surface area contributed by atoms with E-state index >= 15 is 0 Å². The van der Waals surface area contributed by atoms with Crippen LogP contribution in [0.1, 0.15) is 27.0 Å². The van der Waals surface area contributed by atoms with Crippen LogP contribution in [0, 0.1) is 0 Å². The Morgan fingerprint density at radius 3 is 2.74 bits per heavy atom. The SMILES string of the molecule is CC(C)NC(=O)N(O)c1ncnc2c1ncn2C1OC(CO)C(O)C1(C)O. The number of hydroxylamine groups is 1. The zero-order valence-corrected chi connectivity index (χ0v) is 15.0. The lowest BCUT2D eigenvalue weighted by atomic mass is 9.96. The predicted octanol–water partition coefficient (Wildman–Crippen LogP) is -0.859. The fourth-order valence-electron chi connectivity index (χ4n) is 2.96. The van der Waals surface area contributed by atoms with Crippen LogP contribution in [0.15, 0.2) is 12.7 Å². The Balaban J connectivity index is 2.00. The zero-order valence-electron chi connectivity index (χ0n) is 15.0. The van der Waals surface area contributed by atoms with Gasteiger partial charge in [0, 0.05) is 6.04 Å². The summed E-state index contributed by atoms with van der Waals surface area (Å²) in [4.78, 5) is 24.1. The lowest BCUT2D eigenvalue weighted by Crippen LogP contribution is -2.44. The number of anilines is 1. The summed E-state index contributed by atoms with van der Waals surface area (Å²) >= 11 is 0. The number of urea groups is 1. The van der Waals surface area contributed by atoms with E-state index in [0.29, 0.717) is 5.06 Å². The highest BCUT2D eigenvalue weighted by Crippen LogP contribution is 2.39. The Bertz CT molecular complexity index is 839. The molecule has 1 aliphatic heterocycles. The van der Waals surface area contributed by atoms with Gasteiger partial charge >= 0.3 is 6.03 Å². The molecule has 1 aliphatic rings. The molecule has 0 saturated carbocycles. The van der Waals surface area contributed by atoms with E-state index in [0.717, 1.165) is 6.33 Å². The molecule has 4 unspecified atom stereocenters. The van der Waals surface area contributed by atoms with Crippen molar-refractivity contribution in [3.63, 3.8) is 0 Å². The molecule has 0 aromatic carbocycles. The second-order valence-electron chi connectivity index (χ2n) is 6.82. The maximum atomic E-state index is 12.0. The lowest BCUT2D eigenvalue weighted by Gasteiger charge is -2.27. The Hall–Kier alpha value is -2.38. The van der Waals surface area contributed by atoms with Gasteiger partial charge in [-0.05, 0) is 20.8 Å². The number of rotatable bonds is 4. The van der Waals surface area contributed by atoms with Crippen molar-refractivity contribution in [3.8, 4) is 0 Å². The molecule has 12 heteroatoms. The number of aliphatic hydroxyl groups excluding tert-OH is 2. The summed E-state index contributed by atoms with van der Waals surface area (Å²) in [5.41, 5.74) is -1.49. The molecule has 0 bridgehead atoms. The molecule has 0 radical (unpaired) electrons. The van der Waals surface area contributed by atoms with Crippen molar-refractivity contribution in [3.05, 3.63) is 12.7 Å². The maximum absolute atomic E-state index is 12.0. The summed E-state index contributed by atoms with van der Waals surface area (Å²) < 4.78 is 6.89. The number of hydrogen-bond donors (Lipinski definition) is 5. The van der Waals surface area contributed by atoms with Gasteiger partial charge < -0.3 is 25.4 Å². The van der Waals surface area contributed by atoms with Crippen molar-refractivity contribution in [2.45, 2.75) is 50.8 Å². The molecule has 3 rings (SSSR count). The van der Waals surface area contributed by atoms with Crippen LogP contribution in [0.3, 0.4) is 0 Å². The fourth-order valence-corrected chi connectivity index (χ4v) is 2.96. The van der Waals surface area contributed by atoms with Crippen LogP contribution in [-0.4, -0.2) is 76.5 Å².